The second-order valence-electron chi connectivity index (χ2n) is 6.61. The molecule has 134 valence electrons. The SMILES string of the molecule is CCCCN(CC)Cc1cccc(CNC(=O)C2CC(O)CN2)c1. The summed E-state index contributed by atoms with van der Waals surface area (Å²) in [5.41, 5.74) is 2.40. The largest absolute Gasteiger partial charge is 0.392 e. The lowest BCUT2D eigenvalue weighted by molar-refractivity contribution is -0.123. The predicted molar refractivity (Wildman–Crippen MR) is 96.6 cm³/mol. The van der Waals surface area contributed by atoms with E-state index >= 15 is 0 Å². The minimum Gasteiger partial charge on any atom is -0.392 e. The topological polar surface area (TPSA) is 64.6 Å². The van der Waals surface area contributed by atoms with Gasteiger partial charge in [-0.15, -0.1) is 0 Å². The van der Waals surface area contributed by atoms with Gasteiger partial charge in [-0.25, -0.2) is 0 Å². The molecular weight excluding hydrogens is 302 g/mol. The van der Waals surface area contributed by atoms with E-state index in [4.69, 9.17) is 0 Å². The Labute approximate surface area is 145 Å². The van der Waals surface area contributed by atoms with Crippen LogP contribution >= 0.6 is 0 Å². The molecule has 5 heteroatoms. The summed E-state index contributed by atoms with van der Waals surface area (Å²) in [6, 6.07) is 8.15. The number of hydrogen-bond acceptors (Lipinski definition) is 4. The summed E-state index contributed by atoms with van der Waals surface area (Å²) in [6.07, 6.45) is 2.53. The molecule has 2 rings (SSSR count). The zero-order chi connectivity index (χ0) is 17.4. The fourth-order valence-corrected chi connectivity index (χ4v) is 3.06. The molecule has 0 saturated carbocycles. The number of amides is 1. The maximum atomic E-state index is 12.1. The molecule has 1 heterocycles. The van der Waals surface area contributed by atoms with Crippen LogP contribution in [-0.4, -0.2) is 47.7 Å². The number of nitrogens with one attached hydrogen (secondary N) is 2. The highest BCUT2D eigenvalue weighted by molar-refractivity contribution is 5.82. The molecule has 0 bridgehead atoms. The fraction of sp³-hybridized carbons (Fsp3) is 0.632. The second kappa shape index (κ2) is 9.77. The van der Waals surface area contributed by atoms with Gasteiger partial charge in [0.15, 0.2) is 0 Å². The minimum absolute atomic E-state index is 0.0323. The molecule has 1 aliphatic rings. The average molecular weight is 333 g/mol. The highest BCUT2D eigenvalue weighted by Gasteiger charge is 2.27. The Morgan fingerprint density at radius 3 is 2.83 bits per heavy atom. The lowest BCUT2D eigenvalue weighted by Gasteiger charge is -2.20. The van der Waals surface area contributed by atoms with Crippen LogP contribution in [0.3, 0.4) is 0 Å². The van der Waals surface area contributed by atoms with Gasteiger partial charge in [0.2, 0.25) is 5.91 Å². The van der Waals surface area contributed by atoms with Gasteiger partial charge in [-0.3, -0.25) is 9.69 Å². The summed E-state index contributed by atoms with van der Waals surface area (Å²) in [7, 11) is 0. The molecule has 24 heavy (non-hydrogen) atoms. The van der Waals surface area contributed by atoms with E-state index in [1.54, 1.807) is 0 Å². The highest BCUT2D eigenvalue weighted by Crippen LogP contribution is 2.10. The number of unbranched alkanes of at least 4 members (excludes halogenated alkanes) is 1. The van der Waals surface area contributed by atoms with Crippen molar-refractivity contribution in [3.63, 3.8) is 0 Å². The van der Waals surface area contributed by atoms with E-state index in [0.717, 1.165) is 25.2 Å². The van der Waals surface area contributed by atoms with Crippen molar-refractivity contribution in [2.24, 2.45) is 0 Å². The monoisotopic (exact) mass is 333 g/mol. The third-order valence-electron chi connectivity index (χ3n) is 4.56. The Kier molecular flexibility index (Phi) is 7.69. The van der Waals surface area contributed by atoms with Crippen molar-refractivity contribution in [1.82, 2.24) is 15.5 Å². The van der Waals surface area contributed by atoms with E-state index in [2.05, 4.69) is 47.6 Å². The Morgan fingerprint density at radius 2 is 2.17 bits per heavy atom. The molecule has 0 spiro atoms. The third kappa shape index (κ3) is 5.89. The van der Waals surface area contributed by atoms with E-state index in [-0.39, 0.29) is 11.9 Å². The number of nitrogens with zero attached hydrogens (tertiary/aromatic N) is 1. The Morgan fingerprint density at radius 1 is 1.38 bits per heavy atom. The number of carbonyl (C=O) groups is 1. The summed E-state index contributed by atoms with van der Waals surface area (Å²) in [5, 5.41) is 15.5. The van der Waals surface area contributed by atoms with Gasteiger partial charge in [-0.05, 0) is 37.1 Å². The smallest absolute Gasteiger partial charge is 0.237 e. The molecular formula is C19H31N3O2. The highest BCUT2D eigenvalue weighted by atomic mass is 16.3. The van der Waals surface area contributed by atoms with Crippen LogP contribution in [0.4, 0.5) is 0 Å². The van der Waals surface area contributed by atoms with Crippen molar-refractivity contribution in [3.05, 3.63) is 35.4 Å². The maximum Gasteiger partial charge on any atom is 0.237 e. The second-order valence-corrected chi connectivity index (χ2v) is 6.61. The molecule has 1 aromatic carbocycles. The fourth-order valence-electron chi connectivity index (χ4n) is 3.06. The van der Waals surface area contributed by atoms with Crippen molar-refractivity contribution in [2.45, 2.75) is 58.3 Å². The van der Waals surface area contributed by atoms with Crippen LogP contribution in [0.5, 0.6) is 0 Å². The Bertz CT molecular complexity index is 521. The van der Waals surface area contributed by atoms with Crippen LogP contribution in [0.1, 0.15) is 44.2 Å². The van der Waals surface area contributed by atoms with Crippen molar-refractivity contribution in [1.29, 1.82) is 0 Å². The van der Waals surface area contributed by atoms with Gasteiger partial charge in [0, 0.05) is 19.6 Å². The predicted octanol–water partition coefficient (Wildman–Crippen LogP) is 1.65. The van der Waals surface area contributed by atoms with Gasteiger partial charge < -0.3 is 15.7 Å². The molecule has 2 unspecified atom stereocenters. The van der Waals surface area contributed by atoms with Crippen molar-refractivity contribution in [2.75, 3.05) is 19.6 Å². The first-order valence-corrected chi connectivity index (χ1v) is 9.11. The van der Waals surface area contributed by atoms with E-state index < -0.39 is 6.10 Å². The lowest BCUT2D eigenvalue weighted by atomic mass is 10.1. The van der Waals surface area contributed by atoms with Crippen molar-refractivity contribution in [3.8, 4) is 0 Å². The van der Waals surface area contributed by atoms with Crippen molar-refractivity contribution >= 4 is 5.91 Å². The number of β-amino-alcohol motifs (C(OH)–C–C–N with tert-alkyl or cyclic N) is 1. The van der Waals surface area contributed by atoms with Crippen LogP contribution in [0.15, 0.2) is 24.3 Å². The van der Waals surface area contributed by atoms with Crippen molar-refractivity contribution < 1.29 is 9.90 Å². The first kappa shape index (κ1) is 18.9. The summed E-state index contributed by atoms with van der Waals surface area (Å²) in [6.45, 7) is 8.58. The van der Waals surface area contributed by atoms with Gasteiger partial charge in [-0.1, -0.05) is 44.5 Å². The normalized spacial score (nSPS) is 20.5. The first-order valence-electron chi connectivity index (χ1n) is 9.11. The Balaban J connectivity index is 1.84. The van der Waals surface area contributed by atoms with Crippen LogP contribution in [0.2, 0.25) is 0 Å². The number of carbonyl (C=O) groups excluding carboxylic acids is 1. The van der Waals surface area contributed by atoms with Crippen LogP contribution < -0.4 is 10.6 Å². The van der Waals surface area contributed by atoms with Gasteiger partial charge in [0.1, 0.15) is 0 Å². The summed E-state index contributed by atoms with van der Waals surface area (Å²) in [5.74, 6) is -0.0323. The zero-order valence-electron chi connectivity index (χ0n) is 14.9. The van der Waals surface area contributed by atoms with E-state index in [1.807, 2.05) is 6.07 Å². The molecule has 5 nitrogen and oxygen atoms in total. The van der Waals surface area contributed by atoms with E-state index in [9.17, 15) is 9.90 Å². The average Bonchev–Trinajstić information content (AvgIpc) is 3.03. The van der Waals surface area contributed by atoms with Crippen LogP contribution in [0.25, 0.3) is 0 Å². The summed E-state index contributed by atoms with van der Waals surface area (Å²) >= 11 is 0. The molecule has 1 aliphatic heterocycles. The number of aliphatic hydroxyl groups is 1. The van der Waals surface area contributed by atoms with E-state index in [1.165, 1.54) is 18.4 Å². The third-order valence-corrected chi connectivity index (χ3v) is 4.56. The number of benzene rings is 1. The van der Waals surface area contributed by atoms with Crippen LogP contribution in [-0.2, 0) is 17.9 Å². The number of hydrogen-bond donors (Lipinski definition) is 3. The molecule has 1 fully saturated rings. The van der Waals surface area contributed by atoms with Gasteiger partial charge >= 0.3 is 0 Å². The molecule has 1 saturated heterocycles. The maximum absolute atomic E-state index is 12.1. The van der Waals surface area contributed by atoms with Crippen LogP contribution in [0, 0.1) is 0 Å². The Hall–Kier alpha value is -1.43. The molecule has 1 amide bonds. The molecule has 0 aromatic heterocycles. The molecule has 0 radical (unpaired) electrons. The molecule has 2 atom stereocenters. The van der Waals surface area contributed by atoms with E-state index in [0.29, 0.717) is 19.5 Å². The zero-order valence-corrected chi connectivity index (χ0v) is 14.9. The summed E-state index contributed by atoms with van der Waals surface area (Å²) < 4.78 is 0. The standard InChI is InChI=1S/C19H31N3O2/c1-3-5-9-22(4-2)14-16-8-6-7-15(10-16)12-21-19(24)18-11-17(23)13-20-18/h6-8,10,17-18,20,23H,3-5,9,11-14H2,1-2H3,(H,21,24). The molecule has 0 aliphatic carbocycles. The van der Waals surface area contributed by atoms with Gasteiger partial charge in [-0.2, -0.15) is 0 Å². The number of aliphatic hydroxyl groups excluding tert-OH is 1. The van der Waals surface area contributed by atoms with Gasteiger partial charge in [0.05, 0.1) is 12.1 Å². The quantitative estimate of drug-likeness (QED) is 0.643. The first-order chi connectivity index (χ1) is 11.6. The summed E-state index contributed by atoms with van der Waals surface area (Å²) in [4.78, 5) is 14.5. The lowest BCUT2D eigenvalue weighted by Crippen LogP contribution is -2.40. The minimum atomic E-state index is -0.410. The number of rotatable bonds is 9. The van der Waals surface area contributed by atoms with Gasteiger partial charge in [0.25, 0.3) is 0 Å². The molecule has 3 N–H and O–H groups in total. The molecule has 1 aromatic rings.